The third-order valence-corrected chi connectivity index (χ3v) is 4.54. The van der Waals surface area contributed by atoms with E-state index in [-0.39, 0.29) is 12.4 Å². The average Bonchev–Trinajstić information content (AvgIpc) is 3.16. The Morgan fingerprint density at radius 1 is 1.11 bits per heavy atom. The summed E-state index contributed by atoms with van der Waals surface area (Å²) in [4.78, 5) is 4.55. The summed E-state index contributed by atoms with van der Waals surface area (Å²) in [6.45, 7) is 7.20. The minimum Gasteiger partial charge on any atom is -0.468 e. The predicted octanol–water partition coefficient (Wildman–Crippen LogP) is 5.43. The molecule has 0 saturated heterocycles. The topological polar surface area (TPSA) is 50.1 Å². The van der Waals surface area contributed by atoms with Gasteiger partial charge in [-0.3, -0.25) is 4.98 Å². The van der Waals surface area contributed by atoms with Crippen LogP contribution in [0.1, 0.15) is 38.0 Å². The molecule has 1 aromatic carbocycles. The van der Waals surface area contributed by atoms with E-state index in [1.165, 1.54) is 17.4 Å². The van der Waals surface area contributed by atoms with Gasteiger partial charge in [-0.15, -0.1) is 12.4 Å². The highest BCUT2D eigenvalue weighted by molar-refractivity contribution is 5.91. The van der Waals surface area contributed by atoms with Crippen molar-refractivity contribution in [3.05, 3.63) is 60.2 Å². The third kappa shape index (κ3) is 6.56. The van der Waals surface area contributed by atoms with Gasteiger partial charge in [0.15, 0.2) is 0 Å². The Labute approximate surface area is 168 Å². The number of aryl methyl sites for hydroxylation is 1. The number of rotatable bonds is 10. The van der Waals surface area contributed by atoms with Gasteiger partial charge < -0.3 is 15.1 Å². The maximum atomic E-state index is 5.31. The van der Waals surface area contributed by atoms with Crippen LogP contribution in [0, 0.1) is 5.92 Å². The van der Waals surface area contributed by atoms with E-state index in [2.05, 4.69) is 53.7 Å². The van der Waals surface area contributed by atoms with Gasteiger partial charge in [0.05, 0.1) is 18.3 Å². The molecule has 0 atom stereocenters. The van der Waals surface area contributed by atoms with E-state index >= 15 is 0 Å². The molecule has 3 aromatic rings. The molecule has 0 radical (unpaired) electrons. The second-order valence-electron chi connectivity index (χ2n) is 7.18. The molecule has 0 unspecified atom stereocenters. The normalized spacial score (nSPS) is 10.9. The number of aromatic nitrogens is 1. The lowest BCUT2D eigenvalue weighted by Gasteiger charge is -2.11. The molecule has 27 heavy (non-hydrogen) atoms. The Hall–Kier alpha value is -2.04. The number of nitrogens with one attached hydrogen (secondary N) is 2. The first-order chi connectivity index (χ1) is 12.7. The quantitative estimate of drug-likeness (QED) is 0.455. The van der Waals surface area contributed by atoms with Crippen LogP contribution in [0.2, 0.25) is 0 Å². The fourth-order valence-corrected chi connectivity index (χ4v) is 3.02. The fourth-order valence-electron chi connectivity index (χ4n) is 3.02. The number of anilines is 1. The molecular formula is C22H30ClN3O. The SMILES string of the molecule is CC(C)CCc1ccc2c(NCCCNCc3ccco3)ccnc2c1.Cl. The summed E-state index contributed by atoms with van der Waals surface area (Å²) in [5, 5.41) is 8.14. The molecule has 0 spiro atoms. The molecule has 0 amide bonds. The van der Waals surface area contributed by atoms with Crippen LogP contribution < -0.4 is 10.6 Å². The standard InChI is InChI=1S/C22H29N3O.ClH/c1-17(2)6-7-18-8-9-20-21(10-13-25-22(20)15-18)24-12-4-11-23-16-19-5-3-14-26-19;/h3,5,8-10,13-15,17,23H,4,6-7,11-12,16H2,1-2H3,(H,24,25);1H. The summed E-state index contributed by atoms with van der Waals surface area (Å²) in [6.07, 6.45) is 6.99. The zero-order chi connectivity index (χ0) is 18.2. The van der Waals surface area contributed by atoms with Gasteiger partial charge in [-0.2, -0.15) is 0 Å². The van der Waals surface area contributed by atoms with Gasteiger partial charge in [-0.1, -0.05) is 26.0 Å². The Morgan fingerprint density at radius 3 is 2.78 bits per heavy atom. The van der Waals surface area contributed by atoms with Gasteiger partial charge >= 0.3 is 0 Å². The molecule has 0 fully saturated rings. The van der Waals surface area contributed by atoms with Gasteiger partial charge in [0.1, 0.15) is 5.76 Å². The molecule has 3 rings (SSSR count). The van der Waals surface area contributed by atoms with E-state index in [9.17, 15) is 0 Å². The maximum absolute atomic E-state index is 5.31. The van der Waals surface area contributed by atoms with E-state index in [1.807, 2.05) is 18.3 Å². The lowest BCUT2D eigenvalue weighted by Crippen LogP contribution is -2.17. The monoisotopic (exact) mass is 387 g/mol. The molecule has 0 bridgehead atoms. The summed E-state index contributed by atoms with van der Waals surface area (Å²) >= 11 is 0. The first-order valence-electron chi connectivity index (χ1n) is 9.57. The van der Waals surface area contributed by atoms with Crippen molar-refractivity contribution < 1.29 is 4.42 Å². The Balaban J connectivity index is 0.00000261. The van der Waals surface area contributed by atoms with Gasteiger partial charge in [0.25, 0.3) is 0 Å². The second kappa shape index (κ2) is 11.0. The minimum absolute atomic E-state index is 0. The zero-order valence-electron chi connectivity index (χ0n) is 16.2. The average molecular weight is 388 g/mol. The van der Waals surface area contributed by atoms with Crippen molar-refractivity contribution in [2.75, 3.05) is 18.4 Å². The van der Waals surface area contributed by atoms with Crippen molar-refractivity contribution in [2.45, 2.75) is 39.7 Å². The second-order valence-corrected chi connectivity index (χ2v) is 7.18. The summed E-state index contributed by atoms with van der Waals surface area (Å²) < 4.78 is 5.31. The molecule has 5 heteroatoms. The first-order valence-corrected chi connectivity index (χ1v) is 9.57. The minimum atomic E-state index is 0. The predicted molar refractivity (Wildman–Crippen MR) is 116 cm³/mol. The third-order valence-electron chi connectivity index (χ3n) is 4.54. The molecule has 0 saturated carbocycles. The molecule has 0 aliphatic heterocycles. The van der Waals surface area contributed by atoms with E-state index in [1.54, 1.807) is 6.26 Å². The van der Waals surface area contributed by atoms with Crippen molar-refractivity contribution in [1.29, 1.82) is 0 Å². The molecule has 2 heterocycles. The van der Waals surface area contributed by atoms with Crippen molar-refractivity contribution in [1.82, 2.24) is 10.3 Å². The Bertz CT molecular complexity index is 802. The van der Waals surface area contributed by atoms with E-state index in [0.29, 0.717) is 0 Å². The number of halogens is 1. The molecule has 4 nitrogen and oxygen atoms in total. The molecule has 146 valence electrons. The molecule has 2 aromatic heterocycles. The summed E-state index contributed by atoms with van der Waals surface area (Å²) in [5.74, 6) is 1.71. The fraction of sp³-hybridized carbons (Fsp3) is 0.409. The van der Waals surface area contributed by atoms with Gasteiger partial charge in [0, 0.05) is 23.8 Å². The molecule has 0 aliphatic rings. The molecule has 0 aliphatic carbocycles. The van der Waals surface area contributed by atoms with E-state index in [0.717, 1.165) is 55.4 Å². The number of furan rings is 1. The van der Waals surface area contributed by atoms with Crippen LogP contribution in [-0.2, 0) is 13.0 Å². The summed E-state index contributed by atoms with van der Waals surface area (Å²) in [5.41, 5.74) is 3.61. The van der Waals surface area contributed by atoms with Gasteiger partial charge in [-0.25, -0.2) is 0 Å². The lowest BCUT2D eigenvalue weighted by molar-refractivity contribution is 0.482. The number of hydrogen-bond donors (Lipinski definition) is 2. The number of benzene rings is 1. The van der Waals surface area contributed by atoms with Crippen molar-refractivity contribution >= 4 is 29.0 Å². The highest BCUT2D eigenvalue weighted by Gasteiger charge is 2.04. The number of hydrogen-bond acceptors (Lipinski definition) is 4. The maximum Gasteiger partial charge on any atom is 0.117 e. The lowest BCUT2D eigenvalue weighted by atomic mass is 10.0. The number of pyridine rings is 1. The Kier molecular flexibility index (Phi) is 8.62. The van der Waals surface area contributed by atoms with E-state index in [4.69, 9.17) is 4.42 Å². The van der Waals surface area contributed by atoms with Crippen LogP contribution in [-0.4, -0.2) is 18.1 Å². The number of fused-ring (bicyclic) bond motifs is 1. The van der Waals surface area contributed by atoms with Crippen LogP contribution in [0.4, 0.5) is 5.69 Å². The Morgan fingerprint density at radius 2 is 2.00 bits per heavy atom. The smallest absolute Gasteiger partial charge is 0.117 e. The first kappa shape index (κ1) is 21.3. The van der Waals surface area contributed by atoms with Crippen molar-refractivity contribution in [2.24, 2.45) is 5.92 Å². The summed E-state index contributed by atoms with van der Waals surface area (Å²) in [7, 11) is 0. The van der Waals surface area contributed by atoms with E-state index < -0.39 is 0 Å². The van der Waals surface area contributed by atoms with Crippen molar-refractivity contribution in [3.63, 3.8) is 0 Å². The van der Waals surface area contributed by atoms with Crippen LogP contribution in [0.5, 0.6) is 0 Å². The summed E-state index contributed by atoms with van der Waals surface area (Å²) in [6, 6.07) is 12.6. The van der Waals surface area contributed by atoms with Crippen LogP contribution in [0.25, 0.3) is 10.9 Å². The number of nitrogens with zero attached hydrogens (tertiary/aromatic N) is 1. The van der Waals surface area contributed by atoms with Crippen LogP contribution in [0.3, 0.4) is 0 Å². The van der Waals surface area contributed by atoms with Gasteiger partial charge in [-0.05, 0) is 61.6 Å². The highest BCUT2D eigenvalue weighted by Crippen LogP contribution is 2.23. The highest BCUT2D eigenvalue weighted by atomic mass is 35.5. The van der Waals surface area contributed by atoms with Crippen LogP contribution >= 0.6 is 12.4 Å². The largest absolute Gasteiger partial charge is 0.468 e. The van der Waals surface area contributed by atoms with Gasteiger partial charge in [0.2, 0.25) is 0 Å². The van der Waals surface area contributed by atoms with Crippen LogP contribution in [0.15, 0.2) is 53.3 Å². The molecular weight excluding hydrogens is 358 g/mol. The zero-order valence-corrected chi connectivity index (χ0v) is 17.0. The van der Waals surface area contributed by atoms with Crippen molar-refractivity contribution in [3.8, 4) is 0 Å². The molecule has 2 N–H and O–H groups in total.